The molecule has 2 aromatic heterocycles. The number of aryl methyl sites for hydroxylation is 2. The average Bonchev–Trinajstić information content (AvgIpc) is 2.80. The van der Waals surface area contributed by atoms with Crippen LogP contribution in [0.15, 0.2) is 29.6 Å². The summed E-state index contributed by atoms with van der Waals surface area (Å²) >= 11 is 0. The number of hydrogen-bond acceptors (Lipinski definition) is 3. The van der Waals surface area contributed by atoms with E-state index in [2.05, 4.69) is 9.97 Å². The van der Waals surface area contributed by atoms with Gasteiger partial charge in [0.25, 0.3) is 5.56 Å². The number of nitrogens with zero attached hydrogens (tertiary/aromatic N) is 4. The van der Waals surface area contributed by atoms with Crippen LogP contribution in [-0.4, -0.2) is 19.1 Å². The molecular weight excluding hydrogens is 216 g/mol. The Bertz CT molecular complexity index is 556. The SMILES string of the molecule is CCCn1ccnc(-n2ccnc2CC)c1=O. The molecule has 0 N–H and O–H groups in total. The maximum absolute atomic E-state index is 12.2. The van der Waals surface area contributed by atoms with Crippen LogP contribution >= 0.6 is 0 Å². The zero-order valence-corrected chi connectivity index (χ0v) is 10.1. The monoisotopic (exact) mass is 232 g/mol. The van der Waals surface area contributed by atoms with Gasteiger partial charge in [0.1, 0.15) is 5.82 Å². The van der Waals surface area contributed by atoms with E-state index in [0.29, 0.717) is 12.4 Å². The molecule has 0 bridgehead atoms. The lowest BCUT2D eigenvalue weighted by atomic mass is 10.4. The quantitative estimate of drug-likeness (QED) is 0.800. The molecule has 0 aromatic carbocycles. The van der Waals surface area contributed by atoms with Gasteiger partial charge in [-0.1, -0.05) is 13.8 Å². The smallest absolute Gasteiger partial charge is 0.294 e. The molecule has 90 valence electrons. The zero-order valence-electron chi connectivity index (χ0n) is 10.1. The molecule has 0 saturated heterocycles. The van der Waals surface area contributed by atoms with Crippen LogP contribution in [0.5, 0.6) is 0 Å². The molecule has 0 atom stereocenters. The molecule has 17 heavy (non-hydrogen) atoms. The highest BCUT2D eigenvalue weighted by Crippen LogP contribution is 2.04. The van der Waals surface area contributed by atoms with Crippen LogP contribution in [0.4, 0.5) is 0 Å². The second kappa shape index (κ2) is 4.95. The summed E-state index contributed by atoms with van der Waals surface area (Å²) in [7, 11) is 0. The Balaban J connectivity index is 2.53. The molecule has 2 heterocycles. The molecule has 0 fully saturated rings. The lowest BCUT2D eigenvalue weighted by Crippen LogP contribution is -2.25. The van der Waals surface area contributed by atoms with Crippen molar-refractivity contribution < 1.29 is 0 Å². The van der Waals surface area contributed by atoms with Gasteiger partial charge in [0, 0.05) is 37.8 Å². The van der Waals surface area contributed by atoms with Crippen molar-refractivity contribution >= 4 is 0 Å². The Morgan fingerprint density at radius 1 is 1.18 bits per heavy atom. The molecule has 0 saturated carbocycles. The molecular formula is C12H16N4O. The highest BCUT2D eigenvalue weighted by Gasteiger charge is 2.09. The van der Waals surface area contributed by atoms with Crippen LogP contribution in [0.1, 0.15) is 26.1 Å². The molecule has 0 unspecified atom stereocenters. The van der Waals surface area contributed by atoms with E-state index < -0.39 is 0 Å². The van der Waals surface area contributed by atoms with Crippen LogP contribution in [0.2, 0.25) is 0 Å². The van der Waals surface area contributed by atoms with Gasteiger partial charge >= 0.3 is 0 Å². The van der Waals surface area contributed by atoms with Crippen LogP contribution < -0.4 is 5.56 Å². The van der Waals surface area contributed by atoms with Crippen LogP contribution in [0.25, 0.3) is 5.82 Å². The third kappa shape index (κ3) is 2.13. The van der Waals surface area contributed by atoms with Crippen molar-refractivity contribution in [3.8, 4) is 5.82 Å². The van der Waals surface area contributed by atoms with Crippen LogP contribution in [0, 0.1) is 0 Å². The van der Waals surface area contributed by atoms with E-state index in [1.54, 1.807) is 33.9 Å². The minimum absolute atomic E-state index is 0.0675. The number of hydrogen-bond donors (Lipinski definition) is 0. The van der Waals surface area contributed by atoms with E-state index >= 15 is 0 Å². The summed E-state index contributed by atoms with van der Waals surface area (Å²) in [5.41, 5.74) is -0.0675. The first-order valence-electron chi connectivity index (χ1n) is 5.86. The first-order chi connectivity index (χ1) is 8.27. The lowest BCUT2D eigenvalue weighted by Gasteiger charge is -2.08. The first-order valence-corrected chi connectivity index (χ1v) is 5.86. The van der Waals surface area contributed by atoms with Gasteiger partial charge in [0.2, 0.25) is 5.82 Å². The lowest BCUT2D eigenvalue weighted by molar-refractivity contribution is 0.640. The van der Waals surface area contributed by atoms with E-state index in [-0.39, 0.29) is 5.56 Å². The van der Waals surface area contributed by atoms with Crippen molar-refractivity contribution in [3.05, 3.63) is 41.0 Å². The molecule has 0 amide bonds. The minimum atomic E-state index is -0.0675. The van der Waals surface area contributed by atoms with Crippen molar-refractivity contribution in [2.24, 2.45) is 0 Å². The minimum Gasteiger partial charge on any atom is -0.311 e. The molecule has 0 aliphatic heterocycles. The van der Waals surface area contributed by atoms with Gasteiger partial charge in [0.15, 0.2) is 0 Å². The average molecular weight is 232 g/mol. The van der Waals surface area contributed by atoms with E-state index in [0.717, 1.165) is 18.7 Å². The summed E-state index contributed by atoms with van der Waals surface area (Å²) in [5.74, 6) is 1.28. The summed E-state index contributed by atoms with van der Waals surface area (Å²) in [5, 5.41) is 0. The summed E-state index contributed by atoms with van der Waals surface area (Å²) in [6, 6.07) is 0. The van der Waals surface area contributed by atoms with Crippen molar-refractivity contribution in [1.82, 2.24) is 19.1 Å². The molecule has 0 aliphatic carbocycles. The topological polar surface area (TPSA) is 52.7 Å². The third-order valence-corrected chi connectivity index (χ3v) is 2.62. The van der Waals surface area contributed by atoms with Gasteiger partial charge in [-0.25, -0.2) is 9.97 Å². The molecule has 2 rings (SSSR count). The van der Waals surface area contributed by atoms with Crippen molar-refractivity contribution in [3.63, 3.8) is 0 Å². The van der Waals surface area contributed by atoms with Gasteiger partial charge < -0.3 is 4.57 Å². The fraction of sp³-hybridized carbons (Fsp3) is 0.417. The highest BCUT2D eigenvalue weighted by molar-refractivity contribution is 5.21. The van der Waals surface area contributed by atoms with Crippen LogP contribution in [0.3, 0.4) is 0 Å². The van der Waals surface area contributed by atoms with Gasteiger partial charge in [-0.2, -0.15) is 0 Å². The molecule has 0 spiro atoms. The van der Waals surface area contributed by atoms with Crippen molar-refractivity contribution in [1.29, 1.82) is 0 Å². The second-order valence-electron chi connectivity index (χ2n) is 3.82. The third-order valence-electron chi connectivity index (χ3n) is 2.62. The van der Waals surface area contributed by atoms with Gasteiger partial charge in [-0.3, -0.25) is 9.36 Å². The number of rotatable bonds is 4. The first kappa shape index (κ1) is 11.6. The Kier molecular flexibility index (Phi) is 3.37. The maximum atomic E-state index is 12.2. The summed E-state index contributed by atoms with van der Waals surface area (Å²) in [6.45, 7) is 4.76. The molecule has 0 radical (unpaired) electrons. The van der Waals surface area contributed by atoms with E-state index in [9.17, 15) is 4.79 Å². The number of imidazole rings is 1. The molecule has 5 nitrogen and oxygen atoms in total. The molecule has 2 aromatic rings. The summed E-state index contributed by atoms with van der Waals surface area (Å²) < 4.78 is 3.44. The van der Waals surface area contributed by atoms with Crippen LogP contribution in [-0.2, 0) is 13.0 Å². The maximum Gasteiger partial charge on any atom is 0.294 e. The van der Waals surface area contributed by atoms with E-state index in [4.69, 9.17) is 0 Å². The Hall–Kier alpha value is -1.91. The largest absolute Gasteiger partial charge is 0.311 e. The summed E-state index contributed by atoms with van der Waals surface area (Å²) in [6.07, 6.45) is 8.55. The van der Waals surface area contributed by atoms with Gasteiger partial charge in [0.05, 0.1) is 0 Å². The highest BCUT2D eigenvalue weighted by atomic mass is 16.1. The Morgan fingerprint density at radius 2 is 1.94 bits per heavy atom. The van der Waals surface area contributed by atoms with Gasteiger partial charge in [-0.15, -0.1) is 0 Å². The van der Waals surface area contributed by atoms with Crippen molar-refractivity contribution in [2.45, 2.75) is 33.2 Å². The second-order valence-corrected chi connectivity index (χ2v) is 3.82. The Labute approximate surface area is 99.8 Å². The normalized spacial score (nSPS) is 10.7. The molecule has 0 aliphatic rings. The van der Waals surface area contributed by atoms with Crippen molar-refractivity contribution in [2.75, 3.05) is 0 Å². The molecule has 5 heteroatoms. The zero-order chi connectivity index (χ0) is 12.3. The van der Waals surface area contributed by atoms with E-state index in [1.165, 1.54) is 0 Å². The fourth-order valence-electron chi connectivity index (χ4n) is 1.81. The Morgan fingerprint density at radius 3 is 2.65 bits per heavy atom. The summed E-state index contributed by atoms with van der Waals surface area (Å²) in [4.78, 5) is 20.5. The predicted molar refractivity (Wildman–Crippen MR) is 65.3 cm³/mol. The van der Waals surface area contributed by atoms with E-state index in [1.807, 2.05) is 13.8 Å². The fourth-order valence-corrected chi connectivity index (χ4v) is 1.81. The predicted octanol–water partition coefficient (Wildman–Crippen LogP) is 1.40. The number of aromatic nitrogens is 4. The standard InChI is InChI=1S/C12H16N4O/c1-3-7-15-8-5-14-11(12(15)17)16-9-6-13-10(16)4-2/h5-6,8-9H,3-4,7H2,1-2H3. The van der Waals surface area contributed by atoms with Gasteiger partial charge in [-0.05, 0) is 6.42 Å².